The van der Waals surface area contributed by atoms with Gasteiger partial charge in [0.1, 0.15) is 0 Å². The number of hydrogen-bond donors (Lipinski definition) is 0. The van der Waals surface area contributed by atoms with Crippen LogP contribution in [-0.2, 0) is 16.6 Å². The van der Waals surface area contributed by atoms with Crippen LogP contribution in [0.3, 0.4) is 0 Å². The van der Waals surface area contributed by atoms with Crippen molar-refractivity contribution in [2.45, 2.75) is 25.7 Å². The van der Waals surface area contributed by atoms with Gasteiger partial charge in [0.25, 0.3) is 5.91 Å². The average Bonchev–Trinajstić information content (AvgIpc) is 3.49. The number of carbonyl (C=O) groups is 2. The van der Waals surface area contributed by atoms with Crippen molar-refractivity contribution < 1.29 is 14.1 Å². The number of aromatic nitrogens is 2. The van der Waals surface area contributed by atoms with Crippen LogP contribution in [0.15, 0.2) is 65.2 Å². The summed E-state index contributed by atoms with van der Waals surface area (Å²) in [5, 5.41) is 4.75. The molecule has 0 radical (unpaired) electrons. The van der Waals surface area contributed by atoms with Crippen LogP contribution in [0.5, 0.6) is 0 Å². The van der Waals surface area contributed by atoms with Crippen molar-refractivity contribution in [3.05, 3.63) is 82.7 Å². The molecule has 0 spiro atoms. The maximum absolute atomic E-state index is 14.0. The van der Waals surface area contributed by atoms with Gasteiger partial charge in [-0.25, -0.2) is 4.98 Å². The molecule has 1 atom stereocenters. The molecule has 1 aliphatic rings. The molecule has 0 bridgehead atoms. The van der Waals surface area contributed by atoms with E-state index in [4.69, 9.17) is 9.51 Å². The van der Waals surface area contributed by atoms with Gasteiger partial charge in [-0.05, 0) is 31.5 Å². The highest BCUT2D eigenvalue weighted by Gasteiger charge is 2.40. The number of hydrogen-bond acceptors (Lipinski definition) is 6. The second-order valence-electron chi connectivity index (χ2n) is 8.87. The number of thiazole rings is 1. The Bertz CT molecular complexity index is 1290. The molecule has 5 rings (SSSR count). The molecule has 1 aliphatic heterocycles. The van der Waals surface area contributed by atoms with E-state index in [9.17, 15) is 9.59 Å². The fourth-order valence-electron chi connectivity index (χ4n) is 4.49. The predicted molar refractivity (Wildman–Crippen MR) is 131 cm³/mol. The molecular weight excluding hydrogens is 448 g/mol. The third kappa shape index (κ3) is 4.21. The summed E-state index contributed by atoms with van der Waals surface area (Å²) in [5.41, 5.74) is 1.84. The van der Waals surface area contributed by atoms with Crippen molar-refractivity contribution in [2.75, 3.05) is 26.2 Å². The first kappa shape index (κ1) is 22.3. The zero-order chi connectivity index (χ0) is 23.7. The Labute approximate surface area is 202 Å². The first-order valence-electron chi connectivity index (χ1n) is 11.4. The standard InChI is InChI=1S/C26H26N4O3S/c1-18-16-21(33-28-18)24(31)29-12-14-30(15-13-29)25(32)26(2,19-8-4-3-5-9-19)17-23-27-20-10-6-7-11-22(20)34-23/h3-11,16H,12-15,17H2,1-2H3. The number of fused-ring (bicyclic) bond motifs is 1. The monoisotopic (exact) mass is 474 g/mol. The third-order valence-corrected chi connectivity index (χ3v) is 7.46. The summed E-state index contributed by atoms with van der Waals surface area (Å²) in [6.45, 7) is 5.64. The summed E-state index contributed by atoms with van der Waals surface area (Å²) in [7, 11) is 0. The zero-order valence-corrected chi connectivity index (χ0v) is 20.0. The molecule has 0 saturated carbocycles. The largest absolute Gasteiger partial charge is 0.351 e. The quantitative estimate of drug-likeness (QED) is 0.436. The normalized spacial score (nSPS) is 15.9. The second kappa shape index (κ2) is 9.02. The Morgan fingerprint density at radius 2 is 1.68 bits per heavy atom. The lowest BCUT2D eigenvalue weighted by Gasteiger charge is -2.39. The van der Waals surface area contributed by atoms with E-state index in [2.05, 4.69) is 11.2 Å². The molecule has 1 unspecified atom stereocenters. The Morgan fingerprint density at radius 3 is 2.35 bits per heavy atom. The molecule has 1 saturated heterocycles. The maximum atomic E-state index is 14.0. The van der Waals surface area contributed by atoms with E-state index in [1.54, 1.807) is 29.2 Å². The number of benzene rings is 2. The van der Waals surface area contributed by atoms with Gasteiger partial charge in [0, 0.05) is 38.7 Å². The van der Waals surface area contributed by atoms with Gasteiger partial charge in [0.15, 0.2) is 0 Å². The van der Waals surface area contributed by atoms with Crippen LogP contribution < -0.4 is 0 Å². The number of amides is 2. The van der Waals surface area contributed by atoms with Crippen LogP contribution in [-0.4, -0.2) is 57.9 Å². The van der Waals surface area contributed by atoms with Crippen LogP contribution in [0.1, 0.15) is 33.7 Å². The maximum Gasteiger partial charge on any atom is 0.292 e. The third-order valence-electron chi connectivity index (χ3n) is 6.42. The molecule has 2 aromatic carbocycles. The van der Waals surface area contributed by atoms with Gasteiger partial charge < -0.3 is 14.3 Å². The molecule has 2 amide bonds. The zero-order valence-electron chi connectivity index (χ0n) is 19.2. The molecule has 7 nitrogen and oxygen atoms in total. The van der Waals surface area contributed by atoms with E-state index in [0.29, 0.717) is 38.3 Å². The predicted octanol–water partition coefficient (Wildman–Crippen LogP) is 4.08. The van der Waals surface area contributed by atoms with E-state index < -0.39 is 5.41 Å². The van der Waals surface area contributed by atoms with Crippen LogP contribution in [0.2, 0.25) is 0 Å². The molecular formula is C26H26N4O3S. The highest BCUT2D eigenvalue weighted by Crippen LogP contribution is 2.34. The lowest BCUT2D eigenvalue weighted by atomic mass is 9.78. The van der Waals surface area contributed by atoms with Crippen molar-refractivity contribution in [1.82, 2.24) is 19.9 Å². The van der Waals surface area contributed by atoms with Gasteiger partial charge in [0.2, 0.25) is 11.7 Å². The van der Waals surface area contributed by atoms with Gasteiger partial charge in [-0.2, -0.15) is 0 Å². The lowest BCUT2D eigenvalue weighted by Crippen LogP contribution is -2.55. The summed E-state index contributed by atoms with van der Waals surface area (Å²) in [6, 6.07) is 19.6. The first-order chi connectivity index (χ1) is 16.4. The van der Waals surface area contributed by atoms with E-state index >= 15 is 0 Å². The molecule has 2 aromatic heterocycles. The summed E-state index contributed by atoms with van der Waals surface area (Å²) < 4.78 is 6.25. The van der Waals surface area contributed by atoms with E-state index in [1.165, 1.54) is 0 Å². The van der Waals surface area contributed by atoms with Crippen molar-refractivity contribution in [2.24, 2.45) is 0 Å². The van der Waals surface area contributed by atoms with Crippen molar-refractivity contribution in [3.63, 3.8) is 0 Å². The fraction of sp³-hybridized carbons (Fsp3) is 0.308. The summed E-state index contributed by atoms with van der Waals surface area (Å²) in [4.78, 5) is 35.1. The van der Waals surface area contributed by atoms with Gasteiger partial charge in [-0.1, -0.05) is 47.6 Å². The molecule has 1 fully saturated rings. The molecule has 4 aromatic rings. The fourth-order valence-corrected chi connectivity index (χ4v) is 5.61. The summed E-state index contributed by atoms with van der Waals surface area (Å²) >= 11 is 1.64. The van der Waals surface area contributed by atoms with Crippen LogP contribution >= 0.6 is 11.3 Å². The number of carbonyl (C=O) groups excluding carboxylic acids is 2. The number of aryl methyl sites for hydroxylation is 1. The minimum absolute atomic E-state index is 0.0561. The van der Waals surface area contributed by atoms with E-state index in [0.717, 1.165) is 20.8 Å². The van der Waals surface area contributed by atoms with Gasteiger partial charge in [0.05, 0.1) is 26.3 Å². The van der Waals surface area contributed by atoms with Gasteiger partial charge in [-0.3, -0.25) is 9.59 Å². The lowest BCUT2D eigenvalue weighted by molar-refractivity contribution is -0.138. The van der Waals surface area contributed by atoms with E-state index in [1.807, 2.05) is 60.4 Å². The smallest absolute Gasteiger partial charge is 0.292 e. The topological polar surface area (TPSA) is 79.5 Å². The number of piperazine rings is 1. The van der Waals surface area contributed by atoms with Gasteiger partial charge in [-0.15, -0.1) is 11.3 Å². The Balaban J connectivity index is 1.36. The molecule has 34 heavy (non-hydrogen) atoms. The number of rotatable bonds is 5. The van der Waals surface area contributed by atoms with E-state index in [-0.39, 0.29) is 17.6 Å². The molecule has 174 valence electrons. The van der Waals surface area contributed by atoms with Crippen molar-refractivity contribution in [1.29, 1.82) is 0 Å². The molecule has 0 aliphatic carbocycles. The molecule has 3 heterocycles. The summed E-state index contributed by atoms with van der Waals surface area (Å²) in [6.07, 6.45) is 0.520. The molecule has 0 N–H and O–H groups in total. The Kier molecular flexibility index (Phi) is 5.91. The highest BCUT2D eigenvalue weighted by molar-refractivity contribution is 7.18. The average molecular weight is 475 g/mol. The number of nitrogens with zero attached hydrogens (tertiary/aromatic N) is 4. The minimum Gasteiger partial charge on any atom is -0.351 e. The van der Waals surface area contributed by atoms with Crippen molar-refractivity contribution >= 4 is 33.4 Å². The SMILES string of the molecule is Cc1cc(C(=O)N2CCN(C(=O)C(C)(Cc3nc4ccccc4s3)c3ccccc3)CC2)on1. The Morgan fingerprint density at radius 1 is 1.00 bits per heavy atom. The minimum atomic E-state index is -0.761. The van der Waals surface area contributed by atoms with Crippen LogP contribution in [0, 0.1) is 6.92 Å². The van der Waals surface area contributed by atoms with Gasteiger partial charge >= 0.3 is 0 Å². The number of para-hydroxylation sites is 1. The summed E-state index contributed by atoms with van der Waals surface area (Å²) in [5.74, 6) is 0.107. The van der Waals surface area contributed by atoms with Crippen LogP contribution in [0.25, 0.3) is 10.2 Å². The van der Waals surface area contributed by atoms with Crippen molar-refractivity contribution in [3.8, 4) is 0 Å². The van der Waals surface area contributed by atoms with Crippen LogP contribution in [0.4, 0.5) is 0 Å². The Hall–Kier alpha value is -3.52. The molecule has 8 heteroatoms. The highest BCUT2D eigenvalue weighted by atomic mass is 32.1. The first-order valence-corrected chi connectivity index (χ1v) is 12.2. The second-order valence-corrected chi connectivity index (χ2v) is 9.98.